The number of nitrogens with zero attached hydrogens (tertiary/aromatic N) is 4. The molecule has 1 amide bonds. The third-order valence-corrected chi connectivity index (χ3v) is 6.14. The minimum absolute atomic E-state index is 0.0773. The summed E-state index contributed by atoms with van der Waals surface area (Å²) in [4.78, 5) is 17.3. The number of aryl methyl sites for hydroxylation is 1. The maximum Gasteiger partial charge on any atom is 0.244 e. The van der Waals surface area contributed by atoms with E-state index >= 15 is 0 Å². The number of nitrogens with one attached hydrogen (secondary N) is 1. The molecule has 1 N–H and O–H groups in total. The summed E-state index contributed by atoms with van der Waals surface area (Å²) in [6.45, 7) is 7.33. The Balaban J connectivity index is 1.21. The SMILES string of the molecule is N#CCCn1cc(/C=C/C(=O)NCCN2CCN(Cc3ccccc3)CC2)c2ccccc21. The highest BCUT2D eigenvalue weighted by Crippen LogP contribution is 2.22. The Morgan fingerprint density at radius 1 is 0.970 bits per heavy atom. The Hall–Kier alpha value is -3.40. The second-order valence-corrected chi connectivity index (χ2v) is 8.43. The molecule has 2 aromatic carbocycles. The van der Waals surface area contributed by atoms with Gasteiger partial charge in [0.2, 0.25) is 5.91 Å². The number of aromatic nitrogens is 1. The lowest BCUT2D eigenvalue weighted by Gasteiger charge is -2.34. The van der Waals surface area contributed by atoms with E-state index in [2.05, 4.69) is 56.1 Å². The lowest BCUT2D eigenvalue weighted by Crippen LogP contribution is -2.47. The van der Waals surface area contributed by atoms with Gasteiger partial charge in [0, 0.05) is 81.1 Å². The average Bonchev–Trinajstić information content (AvgIpc) is 3.21. The molecule has 0 aliphatic carbocycles. The fraction of sp³-hybridized carbons (Fsp3) is 0.333. The number of amides is 1. The molecule has 0 radical (unpaired) electrons. The smallest absolute Gasteiger partial charge is 0.244 e. The van der Waals surface area contributed by atoms with Crippen LogP contribution in [-0.4, -0.2) is 59.5 Å². The molecule has 2 heterocycles. The Morgan fingerprint density at radius 3 is 2.48 bits per heavy atom. The first kappa shape index (κ1) is 22.8. The number of hydrogen-bond donors (Lipinski definition) is 1. The van der Waals surface area contributed by atoms with Crippen molar-refractivity contribution < 1.29 is 4.79 Å². The van der Waals surface area contributed by atoms with Crippen LogP contribution in [0.25, 0.3) is 17.0 Å². The van der Waals surface area contributed by atoms with Crippen molar-refractivity contribution in [2.45, 2.75) is 19.5 Å². The van der Waals surface area contributed by atoms with Crippen LogP contribution in [0.4, 0.5) is 0 Å². The van der Waals surface area contributed by atoms with Gasteiger partial charge in [0.15, 0.2) is 0 Å². The number of nitriles is 1. The molecular formula is C27H31N5O. The largest absolute Gasteiger partial charge is 0.351 e. The molecule has 0 unspecified atom stereocenters. The maximum absolute atomic E-state index is 12.4. The van der Waals surface area contributed by atoms with Gasteiger partial charge >= 0.3 is 0 Å². The molecule has 6 heteroatoms. The van der Waals surface area contributed by atoms with Crippen molar-refractivity contribution in [1.82, 2.24) is 19.7 Å². The first-order chi connectivity index (χ1) is 16.2. The van der Waals surface area contributed by atoms with Crippen LogP contribution >= 0.6 is 0 Å². The third-order valence-electron chi connectivity index (χ3n) is 6.14. The quantitative estimate of drug-likeness (QED) is 0.516. The molecule has 1 aromatic heterocycles. The van der Waals surface area contributed by atoms with Gasteiger partial charge in [0.25, 0.3) is 0 Å². The summed E-state index contributed by atoms with van der Waals surface area (Å²) < 4.78 is 2.08. The van der Waals surface area contributed by atoms with Crippen LogP contribution in [0.3, 0.4) is 0 Å². The van der Waals surface area contributed by atoms with E-state index in [1.165, 1.54) is 5.56 Å². The first-order valence-corrected chi connectivity index (χ1v) is 11.6. The molecule has 0 spiro atoms. The summed E-state index contributed by atoms with van der Waals surface area (Å²) in [5.74, 6) is -0.0773. The van der Waals surface area contributed by atoms with Gasteiger partial charge in [-0.1, -0.05) is 48.5 Å². The van der Waals surface area contributed by atoms with Gasteiger partial charge in [0.1, 0.15) is 0 Å². The van der Waals surface area contributed by atoms with Gasteiger partial charge in [-0.25, -0.2) is 0 Å². The Labute approximate surface area is 195 Å². The van der Waals surface area contributed by atoms with Crippen LogP contribution < -0.4 is 5.32 Å². The highest BCUT2D eigenvalue weighted by Gasteiger charge is 2.16. The summed E-state index contributed by atoms with van der Waals surface area (Å²) in [6.07, 6.45) is 5.95. The van der Waals surface area contributed by atoms with Crippen LogP contribution in [-0.2, 0) is 17.9 Å². The molecule has 0 saturated carbocycles. The predicted molar refractivity (Wildman–Crippen MR) is 132 cm³/mol. The lowest BCUT2D eigenvalue weighted by atomic mass is 10.1. The molecule has 3 aromatic rings. The van der Waals surface area contributed by atoms with E-state index < -0.39 is 0 Å². The van der Waals surface area contributed by atoms with Gasteiger partial charge in [-0.05, 0) is 17.7 Å². The number of para-hydroxylation sites is 1. The number of carbonyl (C=O) groups excluding carboxylic acids is 1. The van der Waals surface area contributed by atoms with Crippen molar-refractivity contribution in [3.05, 3.63) is 78.0 Å². The van der Waals surface area contributed by atoms with E-state index in [4.69, 9.17) is 5.26 Å². The third kappa shape index (κ3) is 6.32. The number of rotatable bonds is 9. The number of hydrogen-bond acceptors (Lipinski definition) is 4. The summed E-state index contributed by atoms with van der Waals surface area (Å²) >= 11 is 0. The number of benzene rings is 2. The molecular weight excluding hydrogens is 410 g/mol. The fourth-order valence-corrected chi connectivity index (χ4v) is 4.34. The molecule has 6 nitrogen and oxygen atoms in total. The Kier molecular flexibility index (Phi) is 7.91. The minimum Gasteiger partial charge on any atom is -0.351 e. The van der Waals surface area contributed by atoms with Crippen molar-refractivity contribution in [2.24, 2.45) is 0 Å². The molecule has 170 valence electrons. The summed E-state index contributed by atoms with van der Waals surface area (Å²) in [7, 11) is 0. The lowest BCUT2D eigenvalue weighted by molar-refractivity contribution is -0.116. The van der Waals surface area contributed by atoms with Crippen LogP contribution in [0, 0.1) is 11.3 Å². The Morgan fingerprint density at radius 2 is 1.70 bits per heavy atom. The van der Waals surface area contributed by atoms with Gasteiger partial charge in [-0.2, -0.15) is 5.26 Å². The molecule has 0 bridgehead atoms. The number of fused-ring (bicyclic) bond motifs is 1. The zero-order chi connectivity index (χ0) is 22.9. The molecule has 0 atom stereocenters. The van der Waals surface area contributed by atoms with Gasteiger partial charge in [-0.3, -0.25) is 14.6 Å². The zero-order valence-electron chi connectivity index (χ0n) is 19.0. The molecule has 1 fully saturated rings. The topological polar surface area (TPSA) is 64.3 Å². The normalized spacial score (nSPS) is 15.1. The zero-order valence-corrected chi connectivity index (χ0v) is 19.0. The van der Waals surface area contributed by atoms with Crippen LogP contribution in [0.2, 0.25) is 0 Å². The summed E-state index contributed by atoms with van der Waals surface area (Å²) in [6, 6.07) is 20.9. The van der Waals surface area contributed by atoms with Crippen LogP contribution in [0.15, 0.2) is 66.9 Å². The van der Waals surface area contributed by atoms with Crippen molar-refractivity contribution >= 4 is 22.9 Å². The monoisotopic (exact) mass is 441 g/mol. The second-order valence-electron chi connectivity index (χ2n) is 8.43. The second kappa shape index (κ2) is 11.5. The molecule has 1 aliphatic rings. The molecule has 1 saturated heterocycles. The number of carbonyl (C=O) groups is 1. The van der Waals surface area contributed by atoms with Gasteiger partial charge < -0.3 is 9.88 Å². The van der Waals surface area contributed by atoms with Crippen molar-refractivity contribution in [3.63, 3.8) is 0 Å². The minimum atomic E-state index is -0.0773. The Bertz CT molecular complexity index is 1120. The highest BCUT2D eigenvalue weighted by atomic mass is 16.1. The van der Waals surface area contributed by atoms with E-state index in [1.54, 1.807) is 6.08 Å². The van der Waals surface area contributed by atoms with E-state index in [9.17, 15) is 4.79 Å². The van der Waals surface area contributed by atoms with Crippen molar-refractivity contribution in [3.8, 4) is 6.07 Å². The number of piperazine rings is 1. The van der Waals surface area contributed by atoms with Gasteiger partial charge in [0.05, 0.1) is 12.5 Å². The van der Waals surface area contributed by atoms with E-state index in [1.807, 2.05) is 36.5 Å². The maximum atomic E-state index is 12.4. The molecule has 1 aliphatic heterocycles. The highest BCUT2D eigenvalue weighted by molar-refractivity contribution is 5.96. The van der Waals surface area contributed by atoms with Crippen molar-refractivity contribution in [1.29, 1.82) is 5.26 Å². The standard InChI is InChI=1S/C27H31N5O/c28-13-6-15-32-22-24(25-9-4-5-10-26(25)32)11-12-27(33)29-14-16-30-17-19-31(20-18-30)21-23-7-2-1-3-8-23/h1-5,7-12,22H,6,14-21H2,(H,29,33)/b12-11+. The summed E-state index contributed by atoms with van der Waals surface area (Å²) in [5, 5.41) is 13.0. The molecule has 4 rings (SSSR count). The predicted octanol–water partition coefficient (Wildman–Crippen LogP) is 3.50. The van der Waals surface area contributed by atoms with Crippen LogP contribution in [0.5, 0.6) is 0 Å². The van der Waals surface area contributed by atoms with E-state index in [0.717, 1.165) is 55.7 Å². The van der Waals surface area contributed by atoms with E-state index in [-0.39, 0.29) is 5.91 Å². The fourth-order valence-electron chi connectivity index (χ4n) is 4.34. The van der Waals surface area contributed by atoms with Crippen molar-refractivity contribution in [2.75, 3.05) is 39.3 Å². The van der Waals surface area contributed by atoms with Gasteiger partial charge in [-0.15, -0.1) is 0 Å². The first-order valence-electron chi connectivity index (χ1n) is 11.6. The van der Waals surface area contributed by atoms with E-state index in [0.29, 0.717) is 19.5 Å². The summed E-state index contributed by atoms with van der Waals surface area (Å²) in [5.41, 5.74) is 3.44. The molecule has 33 heavy (non-hydrogen) atoms. The average molecular weight is 442 g/mol. The van der Waals surface area contributed by atoms with Crippen LogP contribution in [0.1, 0.15) is 17.5 Å².